The molecule has 1 aliphatic carbocycles. The van der Waals surface area contributed by atoms with Crippen LogP contribution in [0, 0.1) is 0 Å². The molecule has 268 valence electrons. The molecule has 6 heteroatoms. The lowest BCUT2D eigenvalue weighted by Crippen LogP contribution is -2.30. The summed E-state index contributed by atoms with van der Waals surface area (Å²) in [5.41, 5.74) is 11.7. The van der Waals surface area contributed by atoms with Crippen molar-refractivity contribution in [1.29, 1.82) is 0 Å². The third-order valence-corrected chi connectivity index (χ3v) is 11.6. The number of hydrogen-bond acceptors (Lipinski definition) is 5. The van der Waals surface area contributed by atoms with Crippen LogP contribution in [0.3, 0.4) is 0 Å². The fraction of sp³-hybridized carbons (Fsp3) is 0.0392. The average Bonchev–Trinajstić information content (AvgIpc) is 3.95. The second-order valence-corrected chi connectivity index (χ2v) is 14.7. The molecule has 1 aliphatic heterocycles. The van der Waals surface area contributed by atoms with Gasteiger partial charge in [-0.05, 0) is 65.2 Å². The normalized spacial score (nSPS) is 15.6. The van der Waals surface area contributed by atoms with E-state index in [4.69, 9.17) is 19.4 Å². The number of fused-ring (bicyclic) bond motifs is 10. The lowest BCUT2D eigenvalue weighted by Gasteiger charge is -2.30. The van der Waals surface area contributed by atoms with E-state index in [1.807, 2.05) is 12.1 Å². The number of furan rings is 1. The fourth-order valence-corrected chi connectivity index (χ4v) is 9.20. The Morgan fingerprint density at radius 3 is 1.98 bits per heavy atom. The molecule has 2 aliphatic rings. The molecule has 12 rings (SSSR count). The molecule has 0 radical (unpaired) electrons. The SMILES string of the molecule is C1=CC2C(c3ccccc3N2c2ccccc2)c2c1oc1cccc(-c3nc(-c4cccc(-c5ccccc5)c4)nc(-n4c5ccccc5c5ccccc54)n3)c21. The number of aromatic nitrogens is 4. The van der Waals surface area contributed by atoms with Crippen LogP contribution in [-0.4, -0.2) is 25.6 Å². The molecule has 0 N–H and O–H groups in total. The largest absolute Gasteiger partial charge is 0.456 e. The number of hydrogen-bond donors (Lipinski definition) is 0. The van der Waals surface area contributed by atoms with Crippen LogP contribution in [0.1, 0.15) is 22.8 Å². The molecular weight excluding hydrogens is 699 g/mol. The molecule has 2 unspecified atom stereocenters. The Labute approximate surface area is 328 Å². The zero-order valence-corrected chi connectivity index (χ0v) is 30.7. The smallest absolute Gasteiger partial charge is 0.238 e. The van der Waals surface area contributed by atoms with Crippen LogP contribution >= 0.6 is 0 Å². The standard InChI is InChI=1S/C51H33N5O/c1-3-15-32(16-4-1)33-17-13-18-34(31-33)49-52-50(54-51(53-49)56-40-25-10-7-21-36(40)37-22-8-11-26-41(37)56)39-24-14-28-44-47(39)48-45(57-44)30-29-43-46(48)38-23-9-12-27-42(38)55(43)35-19-5-2-6-20-35/h1-31,43,46H. The predicted octanol–water partition coefficient (Wildman–Crippen LogP) is 12.4. The van der Waals surface area contributed by atoms with Gasteiger partial charge >= 0.3 is 0 Å². The van der Waals surface area contributed by atoms with E-state index in [0.29, 0.717) is 17.6 Å². The summed E-state index contributed by atoms with van der Waals surface area (Å²) in [7, 11) is 0. The number of para-hydroxylation sites is 4. The van der Waals surface area contributed by atoms with Gasteiger partial charge in [0.15, 0.2) is 11.6 Å². The Balaban J connectivity index is 1.11. The number of rotatable bonds is 5. The first-order valence-corrected chi connectivity index (χ1v) is 19.4. The molecule has 0 saturated carbocycles. The van der Waals surface area contributed by atoms with Crippen molar-refractivity contribution in [2.45, 2.75) is 12.0 Å². The Morgan fingerprint density at radius 1 is 0.526 bits per heavy atom. The van der Waals surface area contributed by atoms with E-state index in [1.54, 1.807) is 0 Å². The lowest BCUT2D eigenvalue weighted by molar-refractivity contribution is 0.584. The van der Waals surface area contributed by atoms with Crippen LogP contribution in [0.4, 0.5) is 11.4 Å². The lowest BCUT2D eigenvalue weighted by atomic mass is 9.82. The van der Waals surface area contributed by atoms with Crippen molar-refractivity contribution < 1.29 is 4.42 Å². The molecule has 4 heterocycles. The highest BCUT2D eigenvalue weighted by molar-refractivity contribution is 6.09. The molecule has 57 heavy (non-hydrogen) atoms. The minimum absolute atomic E-state index is 0.0319. The summed E-state index contributed by atoms with van der Waals surface area (Å²) in [6, 6.07) is 61.6. The molecule has 0 spiro atoms. The zero-order chi connectivity index (χ0) is 37.5. The van der Waals surface area contributed by atoms with Gasteiger partial charge in [0.25, 0.3) is 0 Å². The quantitative estimate of drug-likeness (QED) is 0.176. The fourth-order valence-electron chi connectivity index (χ4n) is 9.20. The van der Waals surface area contributed by atoms with E-state index in [0.717, 1.165) is 72.0 Å². The Hall–Kier alpha value is -7.57. The first-order valence-electron chi connectivity index (χ1n) is 19.4. The van der Waals surface area contributed by atoms with Gasteiger partial charge in [0.1, 0.15) is 11.3 Å². The second kappa shape index (κ2) is 12.5. The van der Waals surface area contributed by atoms with Crippen LogP contribution in [0.5, 0.6) is 0 Å². The van der Waals surface area contributed by atoms with Gasteiger partial charge in [-0.2, -0.15) is 9.97 Å². The van der Waals surface area contributed by atoms with Gasteiger partial charge in [0.2, 0.25) is 5.95 Å². The Morgan fingerprint density at radius 2 is 1.18 bits per heavy atom. The minimum Gasteiger partial charge on any atom is -0.456 e. The van der Waals surface area contributed by atoms with Crippen molar-refractivity contribution in [2.24, 2.45) is 0 Å². The molecule has 2 atom stereocenters. The number of anilines is 2. The highest BCUT2D eigenvalue weighted by Gasteiger charge is 2.43. The van der Waals surface area contributed by atoms with Crippen LogP contribution in [0.25, 0.3) is 78.7 Å². The maximum Gasteiger partial charge on any atom is 0.238 e. The van der Waals surface area contributed by atoms with E-state index in [1.165, 1.54) is 11.3 Å². The van der Waals surface area contributed by atoms with Crippen LogP contribution in [0.2, 0.25) is 0 Å². The van der Waals surface area contributed by atoms with Gasteiger partial charge in [-0.25, -0.2) is 4.98 Å². The van der Waals surface area contributed by atoms with Crippen molar-refractivity contribution in [2.75, 3.05) is 4.90 Å². The summed E-state index contributed by atoms with van der Waals surface area (Å²) in [6.07, 6.45) is 4.45. The van der Waals surface area contributed by atoms with Gasteiger partial charge in [0.05, 0.1) is 17.1 Å². The van der Waals surface area contributed by atoms with Crippen LogP contribution < -0.4 is 4.90 Å². The van der Waals surface area contributed by atoms with Gasteiger partial charge in [-0.15, -0.1) is 0 Å². The van der Waals surface area contributed by atoms with E-state index < -0.39 is 0 Å². The van der Waals surface area contributed by atoms with Crippen molar-refractivity contribution in [3.05, 3.63) is 199 Å². The maximum absolute atomic E-state index is 6.73. The van der Waals surface area contributed by atoms with E-state index in [-0.39, 0.29) is 12.0 Å². The molecule has 6 nitrogen and oxygen atoms in total. The Bertz CT molecular complexity index is 3160. The van der Waals surface area contributed by atoms with Gasteiger partial charge in [-0.3, -0.25) is 4.57 Å². The van der Waals surface area contributed by atoms with Gasteiger partial charge < -0.3 is 9.32 Å². The predicted molar refractivity (Wildman–Crippen MR) is 230 cm³/mol. The average molecular weight is 732 g/mol. The molecule has 7 aromatic carbocycles. The number of benzene rings is 7. The summed E-state index contributed by atoms with van der Waals surface area (Å²) >= 11 is 0. The third-order valence-electron chi connectivity index (χ3n) is 11.6. The highest BCUT2D eigenvalue weighted by Crippen LogP contribution is 2.54. The third kappa shape index (κ3) is 4.87. The molecular formula is C51H33N5O. The monoisotopic (exact) mass is 731 g/mol. The summed E-state index contributed by atoms with van der Waals surface area (Å²) in [5, 5.41) is 3.32. The van der Waals surface area contributed by atoms with E-state index >= 15 is 0 Å². The molecule has 0 bridgehead atoms. The van der Waals surface area contributed by atoms with E-state index in [9.17, 15) is 0 Å². The molecule has 3 aromatic heterocycles. The van der Waals surface area contributed by atoms with Crippen LogP contribution in [-0.2, 0) is 0 Å². The second-order valence-electron chi connectivity index (χ2n) is 14.7. The summed E-state index contributed by atoms with van der Waals surface area (Å²) < 4.78 is 8.91. The topological polar surface area (TPSA) is 60.0 Å². The van der Waals surface area contributed by atoms with Crippen molar-refractivity contribution in [1.82, 2.24) is 19.5 Å². The van der Waals surface area contributed by atoms with Crippen LogP contribution in [0.15, 0.2) is 186 Å². The zero-order valence-electron chi connectivity index (χ0n) is 30.7. The summed E-state index contributed by atoms with van der Waals surface area (Å²) in [6.45, 7) is 0. The first-order chi connectivity index (χ1) is 28.3. The molecule has 0 saturated heterocycles. The maximum atomic E-state index is 6.73. The van der Waals surface area contributed by atoms with E-state index in [2.05, 4.69) is 185 Å². The van der Waals surface area contributed by atoms with Crippen molar-refractivity contribution in [3.63, 3.8) is 0 Å². The van der Waals surface area contributed by atoms with Crippen molar-refractivity contribution >= 4 is 50.2 Å². The Kier molecular flexibility index (Phi) is 6.95. The molecule has 10 aromatic rings. The highest BCUT2D eigenvalue weighted by atomic mass is 16.3. The van der Waals surface area contributed by atoms with Gasteiger partial charge in [0, 0.05) is 50.1 Å². The molecule has 0 amide bonds. The summed E-state index contributed by atoms with van der Waals surface area (Å²) in [5.74, 6) is 2.66. The number of nitrogens with zero attached hydrogens (tertiary/aromatic N) is 5. The van der Waals surface area contributed by atoms with Crippen molar-refractivity contribution in [3.8, 4) is 39.9 Å². The first kappa shape index (κ1) is 31.7. The minimum atomic E-state index is 0.0319. The molecule has 0 fully saturated rings. The summed E-state index contributed by atoms with van der Waals surface area (Å²) in [4.78, 5) is 18.5. The van der Waals surface area contributed by atoms with Gasteiger partial charge in [-0.1, -0.05) is 140 Å².